The first-order valence-electron chi connectivity index (χ1n) is 7.69. The molecule has 1 atom stereocenters. The van der Waals surface area contributed by atoms with Gasteiger partial charge in [0.1, 0.15) is 5.75 Å². The first kappa shape index (κ1) is 16.0. The summed E-state index contributed by atoms with van der Waals surface area (Å²) in [6.45, 7) is 2.85. The van der Waals surface area contributed by atoms with E-state index in [2.05, 4.69) is 4.98 Å². The molecule has 0 radical (unpaired) electrons. The highest BCUT2D eigenvalue weighted by Crippen LogP contribution is 2.33. The van der Waals surface area contributed by atoms with E-state index in [1.54, 1.807) is 16.9 Å². The van der Waals surface area contributed by atoms with E-state index in [1.165, 1.54) is 19.5 Å². The smallest absolute Gasteiger partial charge is 0.291 e. The Kier molecular flexibility index (Phi) is 4.50. The fourth-order valence-electron chi connectivity index (χ4n) is 2.98. The number of rotatable bonds is 3. The van der Waals surface area contributed by atoms with E-state index in [9.17, 15) is 9.59 Å². The number of ether oxygens (including phenoxy) is 1. The molecule has 1 aliphatic rings. The number of aromatic nitrogens is 1. The van der Waals surface area contributed by atoms with E-state index in [-0.39, 0.29) is 23.6 Å². The Morgan fingerprint density at radius 1 is 1.29 bits per heavy atom. The molecule has 1 aromatic carbocycles. The summed E-state index contributed by atoms with van der Waals surface area (Å²) in [5.74, 6) is 0.614. The first-order chi connectivity index (χ1) is 11.6. The summed E-state index contributed by atoms with van der Waals surface area (Å²) in [7, 11) is 1.59. The van der Waals surface area contributed by atoms with Crippen LogP contribution in [0.15, 0.2) is 41.3 Å². The molecule has 1 aromatic heterocycles. The maximum absolute atomic E-state index is 12.8. The quantitative estimate of drug-likeness (QED) is 0.857. The van der Waals surface area contributed by atoms with Gasteiger partial charge in [-0.3, -0.25) is 9.59 Å². The van der Waals surface area contributed by atoms with Crippen LogP contribution in [-0.2, 0) is 4.79 Å². The lowest BCUT2D eigenvalue weighted by molar-refractivity contribution is -0.131. The third kappa shape index (κ3) is 2.97. The molecule has 0 bridgehead atoms. The molecule has 24 heavy (non-hydrogen) atoms. The SMILES string of the molecule is COc1ccccc1[C@H]1CN(C(C)=O)CCN1C(=O)c1cnco1. The highest BCUT2D eigenvalue weighted by atomic mass is 16.5. The average Bonchev–Trinajstić information content (AvgIpc) is 3.15. The maximum atomic E-state index is 12.8. The Hall–Kier alpha value is -2.83. The fourth-order valence-corrected chi connectivity index (χ4v) is 2.98. The zero-order valence-corrected chi connectivity index (χ0v) is 13.6. The van der Waals surface area contributed by atoms with Gasteiger partial charge in [-0.2, -0.15) is 0 Å². The Balaban J connectivity index is 1.97. The second-order valence-electron chi connectivity index (χ2n) is 5.59. The van der Waals surface area contributed by atoms with Crippen LogP contribution in [0.1, 0.15) is 29.1 Å². The van der Waals surface area contributed by atoms with E-state index >= 15 is 0 Å². The molecule has 3 rings (SSSR count). The van der Waals surface area contributed by atoms with Crippen molar-refractivity contribution in [3.63, 3.8) is 0 Å². The summed E-state index contributed by atoms with van der Waals surface area (Å²) < 4.78 is 10.6. The number of oxazole rings is 1. The van der Waals surface area contributed by atoms with Crippen molar-refractivity contribution in [3.05, 3.63) is 48.2 Å². The highest BCUT2D eigenvalue weighted by molar-refractivity contribution is 5.91. The van der Waals surface area contributed by atoms with Crippen LogP contribution >= 0.6 is 0 Å². The van der Waals surface area contributed by atoms with Gasteiger partial charge in [0.05, 0.1) is 19.3 Å². The zero-order valence-electron chi connectivity index (χ0n) is 13.6. The Bertz CT molecular complexity index is 729. The minimum atomic E-state index is -0.309. The van der Waals surface area contributed by atoms with Crippen LogP contribution in [0.3, 0.4) is 0 Å². The Morgan fingerprint density at radius 2 is 2.08 bits per heavy atom. The van der Waals surface area contributed by atoms with Gasteiger partial charge >= 0.3 is 0 Å². The maximum Gasteiger partial charge on any atom is 0.291 e. The molecular weight excluding hydrogens is 310 g/mol. The first-order valence-corrected chi connectivity index (χ1v) is 7.69. The van der Waals surface area contributed by atoms with Crippen LogP contribution < -0.4 is 4.74 Å². The molecule has 0 N–H and O–H groups in total. The molecule has 0 saturated carbocycles. The molecule has 2 heterocycles. The van der Waals surface area contributed by atoms with Crippen LogP contribution in [-0.4, -0.2) is 53.3 Å². The van der Waals surface area contributed by atoms with E-state index in [0.29, 0.717) is 25.4 Å². The van der Waals surface area contributed by atoms with E-state index in [1.807, 2.05) is 24.3 Å². The molecule has 0 spiro atoms. The molecule has 0 unspecified atom stereocenters. The molecule has 1 saturated heterocycles. The monoisotopic (exact) mass is 329 g/mol. The number of benzene rings is 1. The lowest BCUT2D eigenvalue weighted by atomic mass is 10.0. The third-order valence-corrected chi connectivity index (χ3v) is 4.23. The number of hydrogen-bond donors (Lipinski definition) is 0. The minimum absolute atomic E-state index is 0.0123. The number of nitrogens with zero attached hydrogens (tertiary/aromatic N) is 3. The van der Waals surface area contributed by atoms with Crippen LogP contribution in [0, 0.1) is 0 Å². The normalized spacial score (nSPS) is 17.7. The van der Waals surface area contributed by atoms with Crippen LogP contribution in [0.4, 0.5) is 0 Å². The molecule has 126 valence electrons. The van der Waals surface area contributed by atoms with Crippen molar-refractivity contribution in [2.24, 2.45) is 0 Å². The second-order valence-corrected chi connectivity index (χ2v) is 5.59. The van der Waals surface area contributed by atoms with Gasteiger partial charge in [-0.15, -0.1) is 0 Å². The molecule has 1 aliphatic heterocycles. The van der Waals surface area contributed by atoms with Crippen molar-refractivity contribution in [1.82, 2.24) is 14.8 Å². The summed E-state index contributed by atoms with van der Waals surface area (Å²) in [6.07, 6.45) is 2.64. The highest BCUT2D eigenvalue weighted by Gasteiger charge is 2.35. The van der Waals surface area contributed by atoms with Gasteiger partial charge in [-0.1, -0.05) is 18.2 Å². The lowest BCUT2D eigenvalue weighted by Crippen LogP contribution is -2.51. The predicted molar refractivity (Wildman–Crippen MR) is 85.5 cm³/mol. The van der Waals surface area contributed by atoms with Crippen molar-refractivity contribution in [2.45, 2.75) is 13.0 Å². The van der Waals surface area contributed by atoms with Crippen molar-refractivity contribution >= 4 is 11.8 Å². The van der Waals surface area contributed by atoms with Gasteiger partial charge in [0, 0.05) is 32.1 Å². The fraction of sp³-hybridized carbons (Fsp3) is 0.353. The van der Waals surface area contributed by atoms with Crippen molar-refractivity contribution in [2.75, 3.05) is 26.7 Å². The van der Waals surface area contributed by atoms with Crippen LogP contribution in [0.25, 0.3) is 0 Å². The number of methoxy groups -OCH3 is 1. The van der Waals surface area contributed by atoms with E-state index in [0.717, 1.165) is 5.56 Å². The second kappa shape index (κ2) is 6.74. The standard InChI is InChI=1S/C17H19N3O4/c1-12(21)19-7-8-20(17(22)16-9-18-11-24-16)14(10-19)13-5-3-4-6-15(13)23-2/h3-6,9,11,14H,7-8,10H2,1-2H3/t14-/m1/s1. The topological polar surface area (TPSA) is 75.9 Å². The Morgan fingerprint density at radius 3 is 2.75 bits per heavy atom. The number of para-hydroxylation sites is 1. The number of carbonyl (C=O) groups excluding carboxylic acids is 2. The van der Waals surface area contributed by atoms with Crippen molar-refractivity contribution < 1.29 is 18.7 Å². The van der Waals surface area contributed by atoms with Gasteiger partial charge in [0.15, 0.2) is 6.39 Å². The number of carbonyl (C=O) groups is 2. The molecule has 2 amide bonds. The third-order valence-electron chi connectivity index (χ3n) is 4.23. The average molecular weight is 329 g/mol. The molecule has 1 fully saturated rings. The summed E-state index contributed by atoms with van der Waals surface area (Å²) >= 11 is 0. The van der Waals surface area contributed by atoms with Gasteiger partial charge < -0.3 is 19.0 Å². The summed E-state index contributed by atoms with van der Waals surface area (Å²) in [5.41, 5.74) is 0.860. The van der Waals surface area contributed by atoms with Crippen LogP contribution in [0.5, 0.6) is 5.75 Å². The number of piperazine rings is 1. The molecule has 2 aromatic rings. The number of amides is 2. The summed E-state index contributed by atoms with van der Waals surface area (Å²) in [6, 6.07) is 7.21. The largest absolute Gasteiger partial charge is 0.496 e. The Labute approximate surface area is 139 Å². The summed E-state index contributed by atoms with van der Waals surface area (Å²) in [5, 5.41) is 0. The van der Waals surface area contributed by atoms with Crippen molar-refractivity contribution in [3.8, 4) is 5.75 Å². The van der Waals surface area contributed by atoms with Gasteiger partial charge in [0.25, 0.3) is 5.91 Å². The van der Waals surface area contributed by atoms with Crippen molar-refractivity contribution in [1.29, 1.82) is 0 Å². The number of hydrogen-bond acceptors (Lipinski definition) is 5. The zero-order chi connectivity index (χ0) is 17.1. The van der Waals surface area contributed by atoms with Gasteiger partial charge in [-0.25, -0.2) is 4.98 Å². The molecule has 7 nitrogen and oxygen atoms in total. The minimum Gasteiger partial charge on any atom is -0.496 e. The van der Waals surface area contributed by atoms with Crippen LogP contribution in [0.2, 0.25) is 0 Å². The predicted octanol–water partition coefficient (Wildman–Crippen LogP) is 1.73. The van der Waals surface area contributed by atoms with Gasteiger partial charge in [0.2, 0.25) is 11.7 Å². The van der Waals surface area contributed by atoms with E-state index < -0.39 is 0 Å². The molecular formula is C17H19N3O4. The molecule has 0 aliphatic carbocycles. The van der Waals surface area contributed by atoms with E-state index in [4.69, 9.17) is 9.15 Å². The van der Waals surface area contributed by atoms with Gasteiger partial charge in [-0.05, 0) is 6.07 Å². The molecule has 7 heteroatoms. The summed E-state index contributed by atoms with van der Waals surface area (Å²) in [4.78, 5) is 31.8. The lowest BCUT2D eigenvalue weighted by Gasteiger charge is -2.41.